The van der Waals surface area contributed by atoms with Crippen LogP contribution in [0.3, 0.4) is 0 Å². The third-order valence-corrected chi connectivity index (χ3v) is 5.56. The minimum Gasteiger partial charge on any atom is -0.548 e. The van der Waals surface area contributed by atoms with Crippen LogP contribution in [0.15, 0.2) is 29.2 Å². The van der Waals surface area contributed by atoms with Gasteiger partial charge in [0.2, 0.25) is 10.0 Å². The maximum absolute atomic E-state index is 12.5. The number of hydrogen-bond donors (Lipinski definition) is 0. The summed E-state index contributed by atoms with van der Waals surface area (Å²) >= 11 is 5.89. The predicted octanol–water partition coefficient (Wildman–Crippen LogP) is 0.633. The Bertz CT molecular complexity index is 587. The van der Waals surface area contributed by atoms with Crippen LogP contribution in [0.2, 0.25) is 5.02 Å². The number of sulfonamides is 1. The molecule has 19 heavy (non-hydrogen) atoms. The summed E-state index contributed by atoms with van der Waals surface area (Å²) in [5.74, 6) is -1.37. The van der Waals surface area contributed by atoms with E-state index in [1.807, 2.05) is 0 Å². The highest BCUT2D eigenvalue weighted by Crippen LogP contribution is 2.29. The minimum atomic E-state index is -3.91. The van der Waals surface area contributed by atoms with Crippen LogP contribution in [-0.2, 0) is 14.8 Å². The van der Waals surface area contributed by atoms with Gasteiger partial charge < -0.3 is 9.90 Å². The lowest BCUT2D eigenvalue weighted by atomic mass is 10.1. The van der Waals surface area contributed by atoms with Crippen molar-refractivity contribution in [3.8, 4) is 0 Å². The van der Waals surface area contributed by atoms with E-state index in [1.54, 1.807) is 12.1 Å². The number of halogens is 1. The zero-order valence-corrected chi connectivity index (χ0v) is 11.7. The summed E-state index contributed by atoms with van der Waals surface area (Å²) in [6.45, 7) is 0.173. The molecule has 0 saturated carbocycles. The van der Waals surface area contributed by atoms with Crippen LogP contribution in [0, 0.1) is 0 Å². The van der Waals surface area contributed by atoms with Gasteiger partial charge in [-0.25, -0.2) is 8.42 Å². The Morgan fingerprint density at radius 1 is 1.32 bits per heavy atom. The number of carboxylic acids is 1. The lowest BCUT2D eigenvalue weighted by molar-refractivity contribution is -0.311. The molecule has 7 heteroatoms. The fourth-order valence-corrected chi connectivity index (χ4v) is 4.35. The van der Waals surface area contributed by atoms with Crippen molar-refractivity contribution in [2.75, 3.05) is 6.54 Å². The first-order chi connectivity index (χ1) is 8.94. The molecule has 0 amide bonds. The normalized spacial score (nSPS) is 21.2. The second-order valence-corrected chi connectivity index (χ2v) is 6.64. The van der Waals surface area contributed by atoms with Gasteiger partial charge in [-0.2, -0.15) is 4.31 Å². The van der Waals surface area contributed by atoms with E-state index in [1.165, 1.54) is 12.1 Å². The zero-order valence-electron chi connectivity index (χ0n) is 10.1. The molecule has 5 nitrogen and oxygen atoms in total. The molecule has 2 rings (SSSR count). The molecule has 1 fully saturated rings. The van der Waals surface area contributed by atoms with Crippen molar-refractivity contribution in [2.45, 2.75) is 30.2 Å². The van der Waals surface area contributed by atoms with E-state index >= 15 is 0 Å². The second-order valence-electron chi connectivity index (χ2n) is 4.38. The van der Waals surface area contributed by atoms with Gasteiger partial charge in [-0.1, -0.05) is 30.2 Å². The molecule has 0 aliphatic carbocycles. The SMILES string of the molecule is O=C([O-])[C@H]1CCCCN1S(=O)(=O)c1ccccc1Cl. The van der Waals surface area contributed by atoms with E-state index < -0.39 is 22.0 Å². The number of carbonyl (C=O) groups is 1. The number of hydrogen-bond acceptors (Lipinski definition) is 4. The van der Waals surface area contributed by atoms with Gasteiger partial charge >= 0.3 is 0 Å². The Hall–Kier alpha value is -1.11. The third kappa shape index (κ3) is 2.75. The maximum Gasteiger partial charge on any atom is 0.245 e. The number of benzene rings is 1. The summed E-state index contributed by atoms with van der Waals surface area (Å²) in [4.78, 5) is 11.0. The highest BCUT2D eigenvalue weighted by atomic mass is 35.5. The standard InChI is InChI=1S/C12H14ClNO4S/c13-9-5-1-2-7-11(9)19(17,18)14-8-4-3-6-10(14)12(15)16/h1-2,5,7,10H,3-4,6,8H2,(H,15,16)/p-1/t10-/m1/s1. The molecule has 0 spiro atoms. The molecule has 1 aromatic carbocycles. The maximum atomic E-state index is 12.5. The Morgan fingerprint density at radius 3 is 2.63 bits per heavy atom. The Kier molecular flexibility index (Phi) is 4.13. The van der Waals surface area contributed by atoms with Crippen molar-refractivity contribution in [3.05, 3.63) is 29.3 Å². The van der Waals surface area contributed by atoms with Crippen LogP contribution >= 0.6 is 11.6 Å². The molecule has 0 radical (unpaired) electrons. The summed E-state index contributed by atoms with van der Waals surface area (Å²) in [6, 6.07) is 4.89. The first-order valence-corrected chi connectivity index (χ1v) is 7.73. The predicted molar refractivity (Wildman–Crippen MR) is 68.0 cm³/mol. The van der Waals surface area contributed by atoms with Crippen LogP contribution in [0.4, 0.5) is 0 Å². The van der Waals surface area contributed by atoms with Gasteiger partial charge in [-0.15, -0.1) is 0 Å². The molecule has 1 aromatic rings. The van der Waals surface area contributed by atoms with E-state index in [0.29, 0.717) is 12.8 Å². The molecular weight excluding hydrogens is 290 g/mol. The quantitative estimate of drug-likeness (QED) is 0.820. The van der Waals surface area contributed by atoms with Crippen LogP contribution < -0.4 is 5.11 Å². The summed E-state index contributed by atoms with van der Waals surface area (Å²) in [5, 5.41) is 11.2. The molecule has 1 aliphatic heterocycles. The van der Waals surface area contributed by atoms with E-state index in [2.05, 4.69) is 0 Å². The van der Waals surface area contributed by atoms with Crippen molar-refractivity contribution < 1.29 is 18.3 Å². The molecule has 1 aliphatic rings. The van der Waals surface area contributed by atoms with Gasteiger partial charge in [0.25, 0.3) is 0 Å². The van der Waals surface area contributed by atoms with Gasteiger partial charge in [-0.05, 0) is 25.0 Å². The molecule has 104 valence electrons. The summed E-state index contributed by atoms with van der Waals surface area (Å²) in [6.07, 6.45) is 1.58. The molecule has 1 heterocycles. The van der Waals surface area contributed by atoms with Crippen molar-refractivity contribution in [1.82, 2.24) is 4.31 Å². The second kappa shape index (κ2) is 5.48. The summed E-state index contributed by atoms with van der Waals surface area (Å²) in [7, 11) is -3.91. The Balaban J connectivity index is 2.43. The molecule has 1 atom stereocenters. The highest BCUT2D eigenvalue weighted by Gasteiger charge is 2.35. The van der Waals surface area contributed by atoms with Gasteiger partial charge in [0.05, 0.1) is 17.0 Å². The van der Waals surface area contributed by atoms with Crippen molar-refractivity contribution >= 4 is 27.6 Å². The van der Waals surface area contributed by atoms with Crippen LogP contribution in [0.5, 0.6) is 0 Å². The van der Waals surface area contributed by atoms with Gasteiger partial charge in [0.1, 0.15) is 4.90 Å². The van der Waals surface area contributed by atoms with Crippen LogP contribution in [0.25, 0.3) is 0 Å². The van der Waals surface area contributed by atoms with Crippen LogP contribution in [0.1, 0.15) is 19.3 Å². The minimum absolute atomic E-state index is 0.0650. The Labute approximate surface area is 116 Å². The average molecular weight is 303 g/mol. The number of aliphatic carboxylic acids is 1. The van der Waals surface area contributed by atoms with E-state index in [9.17, 15) is 18.3 Å². The van der Waals surface area contributed by atoms with Gasteiger partial charge in [-0.3, -0.25) is 0 Å². The first-order valence-electron chi connectivity index (χ1n) is 5.92. The average Bonchev–Trinajstić information content (AvgIpc) is 2.39. The number of rotatable bonds is 3. The zero-order chi connectivity index (χ0) is 14.0. The number of carbonyl (C=O) groups excluding carboxylic acids is 1. The highest BCUT2D eigenvalue weighted by molar-refractivity contribution is 7.89. The first kappa shape index (κ1) is 14.3. The number of nitrogens with zero attached hydrogens (tertiary/aromatic N) is 1. The largest absolute Gasteiger partial charge is 0.548 e. The fraction of sp³-hybridized carbons (Fsp3) is 0.417. The molecular formula is C12H13ClNO4S-. The van der Waals surface area contributed by atoms with Gasteiger partial charge in [0, 0.05) is 6.54 Å². The van der Waals surface area contributed by atoms with Crippen molar-refractivity contribution in [3.63, 3.8) is 0 Å². The lowest BCUT2D eigenvalue weighted by Gasteiger charge is -2.35. The fourth-order valence-electron chi connectivity index (χ4n) is 2.21. The molecule has 0 aromatic heterocycles. The molecule has 0 unspecified atom stereocenters. The lowest BCUT2D eigenvalue weighted by Crippen LogP contribution is -2.52. The van der Waals surface area contributed by atoms with E-state index in [0.717, 1.165) is 4.31 Å². The van der Waals surface area contributed by atoms with Gasteiger partial charge in [0.15, 0.2) is 0 Å². The smallest absolute Gasteiger partial charge is 0.245 e. The number of carboxylic acid groups (broad SMARTS) is 1. The monoisotopic (exact) mass is 302 g/mol. The Morgan fingerprint density at radius 2 is 2.00 bits per heavy atom. The van der Waals surface area contributed by atoms with Crippen molar-refractivity contribution in [1.29, 1.82) is 0 Å². The third-order valence-electron chi connectivity index (χ3n) is 3.15. The molecule has 0 bridgehead atoms. The van der Waals surface area contributed by atoms with Crippen LogP contribution in [-0.4, -0.2) is 31.3 Å². The number of piperidine rings is 1. The van der Waals surface area contributed by atoms with Crippen molar-refractivity contribution in [2.24, 2.45) is 0 Å². The molecule has 0 N–H and O–H groups in total. The summed E-state index contributed by atoms with van der Waals surface area (Å²) < 4.78 is 25.9. The summed E-state index contributed by atoms with van der Waals surface area (Å²) in [5.41, 5.74) is 0. The van der Waals surface area contributed by atoms with E-state index in [-0.39, 0.29) is 22.9 Å². The molecule has 1 saturated heterocycles. The topological polar surface area (TPSA) is 77.5 Å². The van der Waals surface area contributed by atoms with E-state index in [4.69, 9.17) is 11.6 Å².